The summed E-state index contributed by atoms with van der Waals surface area (Å²) in [6.45, 7) is 6.08. The highest BCUT2D eigenvalue weighted by Crippen LogP contribution is 2.35. The number of hydrogen-bond acceptors (Lipinski definition) is 3. The molecule has 1 aromatic carbocycles. The van der Waals surface area contributed by atoms with Gasteiger partial charge in [0.1, 0.15) is 0 Å². The van der Waals surface area contributed by atoms with E-state index in [2.05, 4.69) is 17.6 Å². The van der Waals surface area contributed by atoms with Gasteiger partial charge >= 0.3 is 0 Å². The van der Waals surface area contributed by atoms with Crippen molar-refractivity contribution in [2.45, 2.75) is 62.6 Å². The lowest BCUT2D eigenvalue weighted by molar-refractivity contribution is -0.115. The number of carbonyl (C=O) groups is 2. The molecular formula is C17H24N2O2S. The molecule has 1 aliphatic heterocycles. The number of carbonyl (C=O) groups excluding carboxylic acids is 2. The van der Waals surface area contributed by atoms with Gasteiger partial charge in [-0.25, -0.2) is 0 Å². The summed E-state index contributed by atoms with van der Waals surface area (Å²) >= 11 is 1.52. The lowest BCUT2D eigenvalue weighted by atomic mass is 10.1. The number of fused-ring (bicyclic) bond motifs is 1. The number of amides is 2. The fourth-order valence-electron chi connectivity index (χ4n) is 2.43. The van der Waals surface area contributed by atoms with Gasteiger partial charge in [0.05, 0.1) is 10.9 Å². The van der Waals surface area contributed by atoms with Crippen LogP contribution in [0.2, 0.25) is 0 Å². The maximum Gasteiger partial charge on any atom is 0.251 e. The lowest BCUT2D eigenvalue weighted by Crippen LogP contribution is -2.33. The number of nitrogens with one attached hydrogen (secondary N) is 2. The molecule has 0 aliphatic carbocycles. The number of rotatable bonds is 6. The third kappa shape index (κ3) is 4.26. The highest BCUT2D eigenvalue weighted by molar-refractivity contribution is 8.00. The molecule has 22 heavy (non-hydrogen) atoms. The molecule has 0 radical (unpaired) electrons. The van der Waals surface area contributed by atoms with Crippen molar-refractivity contribution in [3.05, 3.63) is 23.8 Å². The standard InChI is InChI=1S/C17H24N2O2S/c1-4-5-6-7-11(2)18-17(21)13-8-9-15-14(10-13)19-16(20)12(3)22-15/h8-12H,4-7H2,1-3H3,(H,18,21)(H,19,20)/t11-,12+/m1/s1. The summed E-state index contributed by atoms with van der Waals surface area (Å²) < 4.78 is 0. The Morgan fingerprint density at radius 2 is 2.18 bits per heavy atom. The fraction of sp³-hybridized carbons (Fsp3) is 0.529. The molecular weight excluding hydrogens is 296 g/mol. The van der Waals surface area contributed by atoms with Crippen LogP contribution in [0.3, 0.4) is 0 Å². The monoisotopic (exact) mass is 320 g/mol. The minimum Gasteiger partial charge on any atom is -0.350 e. The van der Waals surface area contributed by atoms with Crippen LogP contribution >= 0.6 is 11.8 Å². The summed E-state index contributed by atoms with van der Waals surface area (Å²) in [5.41, 5.74) is 1.33. The van der Waals surface area contributed by atoms with Gasteiger partial charge in [0.25, 0.3) is 5.91 Å². The van der Waals surface area contributed by atoms with Gasteiger partial charge in [0, 0.05) is 16.5 Å². The minimum atomic E-state index is -0.0919. The molecule has 0 spiro atoms. The van der Waals surface area contributed by atoms with Crippen LogP contribution in [0.5, 0.6) is 0 Å². The summed E-state index contributed by atoms with van der Waals surface area (Å²) in [4.78, 5) is 25.0. The number of benzene rings is 1. The highest BCUT2D eigenvalue weighted by Gasteiger charge is 2.23. The van der Waals surface area contributed by atoms with E-state index in [0.29, 0.717) is 5.56 Å². The molecule has 0 fully saturated rings. The van der Waals surface area contributed by atoms with Crippen molar-refractivity contribution < 1.29 is 9.59 Å². The van der Waals surface area contributed by atoms with Crippen molar-refractivity contribution in [3.8, 4) is 0 Å². The van der Waals surface area contributed by atoms with Gasteiger partial charge in [-0.15, -0.1) is 11.8 Å². The lowest BCUT2D eigenvalue weighted by Gasteiger charge is -2.22. The molecule has 0 saturated heterocycles. The Labute approximate surface area is 136 Å². The largest absolute Gasteiger partial charge is 0.350 e. The molecule has 5 heteroatoms. The Hall–Kier alpha value is -1.49. The Morgan fingerprint density at radius 3 is 2.91 bits per heavy atom. The first-order chi connectivity index (χ1) is 10.5. The second-order valence-corrected chi connectivity index (χ2v) is 7.21. The first-order valence-electron chi connectivity index (χ1n) is 7.93. The van der Waals surface area contributed by atoms with Crippen LogP contribution < -0.4 is 10.6 Å². The second kappa shape index (κ2) is 7.68. The Balaban J connectivity index is 1.99. The molecule has 2 N–H and O–H groups in total. The quantitative estimate of drug-likeness (QED) is 0.783. The van der Waals surface area contributed by atoms with Gasteiger partial charge in [-0.2, -0.15) is 0 Å². The maximum absolute atomic E-state index is 12.3. The molecule has 1 aromatic rings. The first kappa shape index (κ1) is 16.9. The molecule has 1 aliphatic rings. The average molecular weight is 320 g/mol. The van der Waals surface area contributed by atoms with Crippen LogP contribution in [0, 0.1) is 0 Å². The third-order valence-electron chi connectivity index (χ3n) is 3.79. The molecule has 2 rings (SSSR count). The zero-order chi connectivity index (χ0) is 16.1. The van der Waals surface area contributed by atoms with E-state index in [4.69, 9.17) is 0 Å². The molecule has 120 valence electrons. The number of anilines is 1. The van der Waals surface area contributed by atoms with Crippen LogP contribution in [0.25, 0.3) is 0 Å². The zero-order valence-corrected chi connectivity index (χ0v) is 14.3. The van der Waals surface area contributed by atoms with Gasteiger partial charge < -0.3 is 10.6 Å². The Bertz CT molecular complexity index is 560. The topological polar surface area (TPSA) is 58.2 Å². The molecule has 2 amide bonds. The van der Waals surface area contributed by atoms with E-state index in [-0.39, 0.29) is 23.1 Å². The van der Waals surface area contributed by atoms with Crippen LogP contribution in [0.1, 0.15) is 56.8 Å². The molecule has 4 nitrogen and oxygen atoms in total. The predicted octanol–water partition coefficient (Wildman–Crippen LogP) is 3.82. The molecule has 2 atom stereocenters. The maximum atomic E-state index is 12.3. The van der Waals surface area contributed by atoms with Crippen molar-refractivity contribution in [1.82, 2.24) is 5.32 Å². The summed E-state index contributed by atoms with van der Waals surface area (Å²) in [5.74, 6) is -0.0901. The number of thioether (sulfide) groups is 1. The summed E-state index contributed by atoms with van der Waals surface area (Å²) in [6.07, 6.45) is 4.50. The molecule has 0 saturated carbocycles. The van der Waals surface area contributed by atoms with Crippen molar-refractivity contribution >= 4 is 29.3 Å². The Morgan fingerprint density at radius 1 is 1.41 bits per heavy atom. The van der Waals surface area contributed by atoms with E-state index >= 15 is 0 Å². The van der Waals surface area contributed by atoms with Crippen molar-refractivity contribution in [1.29, 1.82) is 0 Å². The fourth-order valence-corrected chi connectivity index (χ4v) is 3.36. The predicted molar refractivity (Wildman–Crippen MR) is 91.5 cm³/mol. The van der Waals surface area contributed by atoms with Gasteiger partial charge in [-0.1, -0.05) is 26.2 Å². The smallest absolute Gasteiger partial charge is 0.251 e. The van der Waals surface area contributed by atoms with Crippen LogP contribution in [-0.2, 0) is 4.79 Å². The van der Waals surface area contributed by atoms with Crippen molar-refractivity contribution in [3.63, 3.8) is 0 Å². The van der Waals surface area contributed by atoms with E-state index < -0.39 is 0 Å². The SMILES string of the molecule is CCCCC[C@@H](C)NC(=O)c1ccc2c(c1)NC(=O)[C@H](C)S2. The van der Waals surface area contributed by atoms with E-state index in [1.165, 1.54) is 24.6 Å². The van der Waals surface area contributed by atoms with Gasteiger partial charge in [0.15, 0.2) is 0 Å². The van der Waals surface area contributed by atoms with E-state index in [1.807, 2.05) is 26.0 Å². The summed E-state index contributed by atoms with van der Waals surface area (Å²) in [5, 5.41) is 5.79. The molecule has 0 unspecified atom stereocenters. The molecule has 0 aromatic heterocycles. The second-order valence-electron chi connectivity index (χ2n) is 5.83. The minimum absolute atomic E-state index is 0.0111. The van der Waals surface area contributed by atoms with Gasteiger partial charge in [0.2, 0.25) is 5.91 Å². The average Bonchev–Trinajstić information content (AvgIpc) is 2.48. The van der Waals surface area contributed by atoms with E-state index in [1.54, 1.807) is 6.07 Å². The number of hydrogen-bond donors (Lipinski definition) is 2. The van der Waals surface area contributed by atoms with E-state index in [0.717, 1.165) is 23.4 Å². The van der Waals surface area contributed by atoms with Crippen molar-refractivity contribution in [2.75, 3.05) is 5.32 Å². The zero-order valence-electron chi connectivity index (χ0n) is 13.4. The third-order valence-corrected chi connectivity index (χ3v) is 4.97. The highest BCUT2D eigenvalue weighted by atomic mass is 32.2. The molecule has 1 heterocycles. The van der Waals surface area contributed by atoms with Gasteiger partial charge in [-0.05, 0) is 38.5 Å². The van der Waals surface area contributed by atoms with Crippen molar-refractivity contribution in [2.24, 2.45) is 0 Å². The molecule has 0 bridgehead atoms. The van der Waals surface area contributed by atoms with Crippen LogP contribution in [-0.4, -0.2) is 23.1 Å². The summed E-state index contributed by atoms with van der Waals surface area (Å²) in [7, 11) is 0. The van der Waals surface area contributed by atoms with Gasteiger partial charge in [-0.3, -0.25) is 9.59 Å². The van der Waals surface area contributed by atoms with Crippen LogP contribution in [0.4, 0.5) is 5.69 Å². The Kier molecular flexibility index (Phi) is 5.89. The number of unbranched alkanes of at least 4 members (excludes halogenated alkanes) is 2. The van der Waals surface area contributed by atoms with Crippen LogP contribution in [0.15, 0.2) is 23.1 Å². The summed E-state index contributed by atoms with van der Waals surface area (Å²) in [6, 6.07) is 5.66. The first-order valence-corrected chi connectivity index (χ1v) is 8.81. The van der Waals surface area contributed by atoms with E-state index in [9.17, 15) is 9.59 Å². The normalized spacial score (nSPS) is 18.3.